The van der Waals surface area contributed by atoms with Crippen LogP contribution in [0.2, 0.25) is 5.02 Å². The lowest BCUT2D eigenvalue weighted by atomic mass is 10.1. The van der Waals surface area contributed by atoms with Gasteiger partial charge in [0.1, 0.15) is 5.69 Å². The number of amides is 2. The van der Waals surface area contributed by atoms with Gasteiger partial charge in [0.15, 0.2) is 0 Å². The van der Waals surface area contributed by atoms with E-state index in [2.05, 4.69) is 0 Å². The van der Waals surface area contributed by atoms with Gasteiger partial charge in [0.25, 0.3) is 5.91 Å². The van der Waals surface area contributed by atoms with Crippen LogP contribution in [0.4, 0.5) is 0 Å². The van der Waals surface area contributed by atoms with Gasteiger partial charge in [-0.25, -0.2) is 0 Å². The largest absolute Gasteiger partial charge is 0.369 e. The number of carbonyl (C=O) groups excluding carboxylic acids is 2. The summed E-state index contributed by atoms with van der Waals surface area (Å²) >= 11 is 6.66. The maximum atomic E-state index is 13.2. The first-order valence-corrected chi connectivity index (χ1v) is 9.40. The molecule has 2 heterocycles. The number of benzene rings is 2. The van der Waals surface area contributed by atoms with E-state index in [0.29, 0.717) is 10.7 Å². The first-order chi connectivity index (χ1) is 13.1. The highest BCUT2D eigenvalue weighted by Gasteiger charge is 2.28. The number of aromatic nitrogens is 1. The Morgan fingerprint density at radius 1 is 1.00 bits per heavy atom. The normalized spacial score (nSPS) is 14.0. The van der Waals surface area contributed by atoms with Crippen LogP contribution < -0.4 is 5.73 Å². The van der Waals surface area contributed by atoms with Crippen molar-refractivity contribution in [3.05, 3.63) is 64.8 Å². The second-order valence-electron chi connectivity index (χ2n) is 6.82. The Morgan fingerprint density at radius 2 is 1.67 bits per heavy atom. The Hall–Kier alpha value is -2.79. The molecule has 0 bridgehead atoms. The Labute approximate surface area is 162 Å². The lowest BCUT2D eigenvalue weighted by Gasteiger charge is -2.18. The highest BCUT2D eigenvalue weighted by Crippen LogP contribution is 2.34. The van der Waals surface area contributed by atoms with Gasteiger partial charge in [0.2, 0.25) is 5.91 Å². The highest BCUT2D eigenvalue weighted by molar-refractivity contribution is 6.39. The SMILES string of the molecule is NC(=O)Cc1ccc(-n2c(C(=O)N3CCCC3)c(Cl)c3ccccc32)cc1. The van der Waals surface area contributed by atoms with E-state index in [-0.39, 0.29) is 18.2 Å². The first-order valence-electron chi connectivity index (χ1n) is 9.02. The second-order valence-corrected chi connectivity index (χ2v) is 7.20. The number of primary amides is 1. The minimum Gasteiger partial charge on any atom is -0.369 e. The third-order valence-corrected chi connectivity index (χ3v) is 5.36. The van der Waals surface area contributed by atoms with Crippen LogP contribution in [-0.4, -0.2) is 34.4 Å². The Balaban J connectivity index is 1.86. The van der Waals surface area contributed by atoms with Crippen LogP contribution in [0.3, 0.4) is 0 Å². The van der Waals surface area contributed by atoms with E-state index in [1.54, 1.807) is 0 Å². The fraction of sp³-hybridized carbons (Fsp3) is 0.238. The number of nitrogens with two attached hydrogens (primary N) is 1. The molecule has 1 saturated heterocycles. The quantitative estimate of drug-likeness (QED) is 0.750. The average Bonchev–Trinajstić information content (AvgIpc) is 3.29. The van der Waals surface area contributed by atoms with E-state index in [0.717, 1.165) is 48.1 Å². The van der Waals surface area contributed by atoms with Gasteiger partial charge in [-0.3, -0.25) is 9.59 Å². The molecule has 138 valence electrons. The van der Waals surface area contributed by atoms with Gasteiger partial charge >= 0.3 is 0 Å². The minimum atomic E-state index is -0.373. The van der Waals surface area contributed by atoms with Gasteiger partial charge in [0.05, 0.1) is 17.0 Å². The van der Waals surface area contributed by atoms with Crippen LogP contribution in [0.1, 0.15) is 28.9 Å². The van der Waals surface area contributed by atoms with Crippen molar-refractivity contribution in [3.63, 3.8) is 0 Å². The monoisotopic (exact) mass is 381 g/mol. The van der Waals surface area contributed by atoms with Gasteiger partial charge in [-0.05, 0) is 36.6 Å². The van der Waals surface area contributed by atoms with Crippen LogP contribution in [-0.2, 0) is 11.2 Å². The van der Waals surface area contributed by atoms with E-state index < -0.39 is 0 Å². The molecule has 4 rings (SSSR count). The topological polar surface area (TPSA) is 68.3 Å². The zero-order chi connectivity index (χ0) is 19.0. The molecule has 0 unspecified atom stereocenters. The number of halogens is 1. The summed E-state index contributed by atoms with van der Waals surface area (Å²) in [5.74, 6) is -0.419. The molecule has 0 saturated carbocycles. The Kier molecular flexibility index (Phi) is 4.62. The number of carbonyl (C=O) groups is 2. The van der Waals surface area contributed by atoms with E-state index >= 15 is 0 Å². The molecule has 1 fully saturated rings. The molecule has 1 aliphatic rings. The number of para-hydroxylation sites is 1. The van der Waals surface area contributed by atoms with Crippen LogP contribution in [0.15, 0.2) is 48.5 Å². The van der Waals surface area contributed by atoms with Gasteiger partial charge in [-0.15, -0.1) is 0 Å². The third-order valence-electron chi connectivity index (χ3n) is 4.98. The summed E-state index contributed by atoms with van der Waals surface area (Å²) in [4.78, 5) is 26.2. The highest BCUT2D eigenvalue weighted by atomic mass is 35.5. The minimum absolute atomic E-state index is 0.0464. The molecule has 27 heavy (non-hydrogen) atoms. The molecule has 1 aromatic heterocycles. The van der Waals surface area contributed by atoms with Crippen molar-refractivity contribution < 1.29 is 9.59 Å². The van der Waals surface area contributed by atoms with Crippen molar-refractivity contribution in [2.45, 2.75) is 19.3 Å². The lowest BCUT2D eigenvalue weighted by Crippen LogP contribution is -2.29. The van der Waals surface area contributed by atoms with Crippen molar-refractivity contribution in [1.82, 2.24) is 9.47 Å². The maximum Gasteiger partial charge on any atom is 0.272 e. The third kappa shape index (κ3) is 3.19. The number of rotatable bonds is 4. The molecule has 2 N–H and O–H groups in total. The molecule has 5 nitrogen and oxygen atoms in total. The molecule has 0 aliphatic carbocycles. The van der Waals surface area contributed by atoms with Crippen molar-refractivity contribution in [1.29, 1.82) is 0 Å². The maximum absolute atomic E-state index is 13.2. The molecule has 1 aliphatic heterocycles. The van der Waals surface area contributed by atoms with Crippen molar-refractivity contribution in [3.8, 4) is 5.69 Å². The number of likely N-dealkylation sites (tertiary alicyclic amines) is 1. The predicted octanol–water partition coefficient (Wildman–Crippen LogP) is 3.55. The second kappa shape index (κ2) is 7.08. The van der Waals surface area contributed by atoms with Crippen LogP contribution >= 0.6 is 11.6 Å². The van der Waals surface area contributed by atoms with Crippen molar-refractivity contribution >= 4 is 34.3 Å². The number of nitrogens with zero attached hydrogens (tertiary/aromatic N) is 2. The van der Waals surface area contributed by atoms with Gasteiger partial charge < -0.3 is 15.2 Å². The molecule has 0 spiro atoms. The fourth-order valence-electron chi connectivity index (χ4n) is 3.69. The molecule has 0 atom stereocenters. The van der Waals surface area contributed by atoms with E-state index in [4.69, 9.17) is 17.3 Å². The molecule has 0 radical (unpaired) electrons. The lowest BCUT2D eigenvalue weighted by molar-refractivity contribution is -0.117. The Morgan fingerprint density at radius 3 is 2.33 bits per heavy atom. The summed E-state index contributed by atoms with van der Waals surface area (Å²) in [6.45, 7) is 1.52. The standard InChI is InChI=1S/C21H20ClN3O2/c22-19-16-5-1-2-6-17(16)25(20(19)21(27)24-11-3-4-12-24)15-9-7-14(8-10-15)13-18(23)26/h1-2,5-10H,3-4,11-13H2,(H2,23,26). The summed E-state index contributed by atoms with van der Waals surface area (Å²) in [5, 5.41) is 1.33. The molecule has 3 aromatic rings. The summed E-state index contributed by atoms with van der Waals surface area (Å²) in [7, 11) is 0. The average molecular weight is 382 g/mol. The van der Waals surface area contributed by atoms with E-state index in [9.17, 15) is 9.59 Å². The van der Waals surface area contributed by atoms with Crippen LogP contribution in [0, 0.1) is 0 Å². The molecule has 6 heteroatoms. The fourth-order valence-corrected chi connectivity index (χ4v) is 4.02. The summed E-state index contributed by atoms with van der Waals surface area (Å²) in [6, 6.07) is 15.2. The smallest absolute Gasteiger partial charge is 0.272 e. The van der Waals surface area contributed by atoms with E-state index in [1.807, 2.05) is 58.0 Å². The van der Waals surface area contributed by atoms with Crippen LogP contribution in [0.5, 0.6) is 0 Å². The molecule has 2 amide bonds. The first kappa shape index (κ1) is 17.6. The Bertz CT molecular complexity index is 1020. The number of hydrogen-bond donors (Lipinski definition) is 1. The summed E-state index contributed by atoms with van der Waals surface area (Å²) in [5.41, 5.74) is 8.31. The van der Waals surface area contributed by atoms with Gasteiger partial charge in [-0.1, -0.05) is 41.9 Å². The predicted molar refractivity (Wildman–Crippen MR) is 106 cm³/mol. The zero-order valence-electron chi connectivity index (χ0n) is 14.8. The zero-order valence-corrected chi connectivity index (χ0v) is 15.6. The molecular formula is C21H20ClN3O2. The molecular weight excluding hydrogens is 362 g/mol. The van der Waals surface area contributed by atoms with E-state index in [1.165, 1.54) is 0 Å². The van der Waals surface area contributed by atoms with Gasteiger partial charge in [0, 0.05) is 24.2 Å². The molecule has 2 aromatic carbocycles. The van der Waals surface area contributed by atoms with Crippen molar-refractivity contribution in [2.24, 2.45) is 5.73 Å². The van der Waals surface area contributed by atoms with Crippen LogP contribution in [0.25, 0.3) is 16.6 Å². The van der Waals surface area contributed by atoms with Crippen molar-refractivity contribution in [2.75, 3.05) is 13.1 Å². The summed E-state index contributed by atoms with van der Waals surface area (Å²) in [6.07, 6.45) is 2.23. The summed E-state index contributed by atoms with van der Waals surface area (Å²) < 4.78 is 1.91. The number of fused-ring (bicyclic) bond motifs is 1. The van der Waals surface area contributed by atoms with Gasteiger partial charge in [-0.2, -0.15) is 0 Å². The number of hydrogen-bond acceptors (Lipinski definition) is 2.